The van der Waals surface area contributed by atoms with Crippen LogP contribution in [0.25, 0.3) is 11.5 Å². The topological polar surface area (TPSA) is 69.7 Å². The number of aromatic nitrogens is 4. The largest absolute Gasteiger partial charge is 0.359 e. The van der Waals surface area contributed by atoms with Gasteiger partial charge in [-0.05, 0) is 32.9 Å². The summed E-state index contributed by atoms with van der Waals surface area (Å²) in [5, 5.41) is 3.15. The van der Waals surface area contributed by atoms with Gasteiger partial charge >= 0.3 is 0 Å². The molecule has 2 aromatic rings. The molecule has 2 heterocycles. The molecule has 0 aliphatic heterocycles. The minimum absolute atomic E-state index is 0.615. The fourth-order valence-corrected chi connectivity index (χ4v) is 1.84. The summed E-state index contributed by atoms with van der Waals surface area (Å²) in [7, 11) is 0. The summed E-state index contributed by atoms with van der Waals surface area (Å²) in [5.41, 5.74) is 0.898. The van der Waals surface area contributed by atoms with Crippen molar-refractivity contribution in [3.05, 3.63) is 18.3 Å². The van der Waals surface area contributed by atoms with Crippen LogP contribution < -0.4 is 10.2 Å². The highest BCUT2D eigenvalue weighted by atomic mass is 15.3. The second-order valence-electron chi connectivity index (χ2n) is 4.07. The Morgan fingerprint density at radius 3 is 2.53 bits per heavy atom. The zero-order chi connectivity index (χ0) is 13.7. The first-order chi connectivity index (χ1) is 9.28. The van der Waals surface area contributed by atoms with Gasteiger partial charge < -0.3 is 15.2 Å². The van der Waals surface area contributed by atoms with E-state index in [9.17, 15) is 0 Å². The van der Waals surface area contributed by atoms with Crippen LogP contribution in [0.2, 0.25) is 0 Å². The van der Waals surface area contributed by atoms with E-state index >= 15 is 0 Å². The van der Waals surface area contributed by atoms with Crippen molar-refractivity contribution in [2.45, 2.75) is 20.8 Å². The van der Waals surface area contributed by atoms with E-state index in [0.717, 1.165) is 25.3 Å². The molecule has 0 saturated heterocycles. The van der Waals surface area contributed by atoms with Gasteiger partial charge in [0.2, 0.25) is 11.9 Å². The first kappa shape index (κ1) is 13.3. The third kappa shape index (κ3) is 3.01. The standard InChI is InChI=1S/C13H20N6/c1-4-14-12-16-11(10-8-7-9-15-10)17-13(18-12)19(5-2)6-3/h7-9,15H,4-6H2,1-3H3,(H,14,16,17,18). The van der Waals surface area contributed by atoms with E-state index in [-0.39, 0.29) is 0 Å². The minimum Gasteiger partial charge on any atom is -0.359 e. The summed E-state index contributed by atoms with van der Waals surface area (Å²) in [6.07, 6.45) is 1.86. The molecule has 19 heavy (non-hydrogen) atoms. The molecule has 102 valence electrons. The zero-order valence-corrected chi connectivity index (χ0v) is 11.6. The molecule has 0 fully saturated rings. The van der Waals surface area contributed by atoms with Gasteiger partial charge in [-0.2, -0.15) is 15.0 Å². The van der Waals surface area contributed by atoms with Gasteiger partial charge in [-0.3, -0.25) is 0 Å². The molecule has 0 radical (unpaired) electrons. The lowest BCUT2D eigenvalue weighted by atomic mass is 10.4. The number of hydrogen-bond donors (Lipinski definition) is 2. The number of rotatable bonds is 6. The Morgan fingerprint density at radius 2 is 1.95 bits per heavy atom. The van der Waals surface area contributed by atoms with E-state index in [0.29, 0.717) is 17.7 Å². The highest BCUT2D eigenvalue weighted by Crippen LogP contribution is 2.17. The Hall–Kier alpha value is -2.11. The zero-order valence-electron chi connectivity index (χ0n) is 11.6. The molecule has 0 saturated carbocycles. The van der Waals surface area contributed by atoms with Crippen molar-refractivity contribution in [3.63, 3.8) is 0 Å². The van der Waals surface area contributed by atoms with Crippen LogP contribution in [-0.4, -0.2) is 39.6 Å². The molecular weight excluding hydrogens is 240 g/mol. The highest BCUT2D eigenvalue weighted by Gasteiger charge is 2.12. The van der Waals surface area contributed by atoms with Gasteiger partial charge in [-0.25, -0.2) is 0 Å². The number of hydrogen-bond acceptors (Lipinski definition) is 5. The predicted molar refractivity (Wildman–Crippen MR) is 77.3 cm³/mol. The second kappa shape index (κ2) is 6.17. The van der Waals surface area contributed by atoms with Gasteiger partial charge in [-0.1, -0.05) is 0 Å². The molecule has 2 aromatic heterocycles. The third-order valence-electron chi connectivity index (χ3n) is 2.84. The summed E-state index contributed by atoms with van der Waals surface area (Å²) in [6.45, 7) is 8.73. The van der Waals surface area contributed by atoms with Crippen LogP contribution in [0.3, 0.4) is 0 Å². The molecule has 6 heteroatoms. The highest BCUT2D eigenvalue weighted by molar-refractivity contribution is 5.54. The minimum atomic E-state index is 0.615. The van der Waals surface area contributed by atoms with Crippen molar-refractivity contribution in [1.82, 2.24) is 19.9 Å². The molecule has 0 bridgehead atoms. The van der Waals surface area contributed by atoms with Gasteiger partial charge in [0.25, 0.3) is 0 Å². The lowest BCUT2D eigenvalue weighted by Crippen LogP contribution is -2.25. The molecule has 0 aromatic carbocycles. The number of aromatic amines is 1. The Balaban J connectivity index is 2.43. The van der Waals surface area contributed by atoms with Crippen LogP contribution in [-0.2, 0) is 0 Å². The Labute approximate surface area is 113 Å². The van der Waals surface area contributed by atoms with Crippen molar-refractivity contribution in [2.75, 3.05) is 29.9 Å². The smallest absolute Gasteiger partial charge is 0.230 e. The Bertz CT molecular complexity index is 504. The van der Waals surface area contributed by atoms with Crippen LogP contribution in [0.5, 0.6) is 0 Å². The summed E-state index contributed by atoms with van der Waals surface area (Å²) in [6, 6.07) is 3.89. The quantitative estimate of drug-likeness (QED) is 0.832. The monoisotopic (exact) mass is 260 g/mol. The molecule has 0 aliphatic rings. The maximum Gasteiger partial charge on any atom is 0.230 e. The maximum atomic E-state index is 4.53. The first-order valence-corrected chi connectivity index (χ1v) is 6.67. The fraction of sp³-hybridized carbons (Fsp3) is 0.462. The molecule has 0 atom stereocenters. The van der Waals surface area contributed by atoms with E-state index < -0.39 is 0 Å². The average Bonchev–Trinajstić information content (AvgIpc) is 2.94. The SMILES string of the molecule is CCNc1nc(-c2ccc[nH]2)nc(N(CC)CC)n1. The van der Waals surface area contributed by atoms with Crippen LogP contribution in [0.4, 0.5) is 11.9 Å². The average molecular weight is 260 g/mol. The summed E-state index contributed by atoms with van der Waals surface area (Å²) < 4.78 is 0. The molecule has 6 nitrogen and oxygen atoms in total. The fourth-order valence-electron chi connectivity index (χ4n) is 1.84. The summed E-state index contributed by atoms with van der Waals surface area (Å²) >= 11 is 0. The van der Waals surface area contributed by atoms with Crippen molar-refractivity contribution in [3.8, 4) is 11.5 Å². The van der Waals surface area contributed by atoms with Crippen molar-refractivity contribution < 1.29 is 0 Å². The van der Waals surface area contributed by atoms with E-state index in [4.69, 9.17) is 0 Å². The number of nitrogens with zero attached hydrogens (tertiary/aromatic N) is 4. The van der Waals surface area contributed by atoms with E-state index in [1.54, 1.807) is 0 Å². The van der Waals surface area contributed by atoms with Gasteiger partial charge in [0.1, 0.15) is 0 Å². The Kier molecular flexibility index (Phi) is 4.33. The van der Waals surface area contributed by atoms with Crippen LogP contribution in [0, 0.1) is 0 Å². The number of anilines is 2. The predicted octanol–water partition coefficient (Wildman–Crippen LogP) is 2.14. The van der Waals surface area contributed by atoms with Gasteiger partial charge in [0, 0.05) is 25.8 Å². The van der Waals surface area contributed by atoms with E-state index in [1.165, 1.54) is 0 Å². The molecule has 0 aliphatic carbocycles. The number of nitrogens with one attached hydrogen (secondary N) is 2. The lowest BCUT2D eigenvalue weighted by molar-refractivity contribution is 0.813. The maximum absolute atomic E-state index is 4.53. The molecular formula is C13H20N6. The normalized spacial score (nSPS) is 10.5. The molecule has 2 N–H and O–H groups in total. The molecule has 2 rings (SSSR count). The molecule has 0 amide bonds. The van der Waals surface area contributed by atoms with Crippen molar-refractivity contribution >= 4 is 11.9 Å². The summed E-state index contributed by atoms with van der Waals surface area (Å²) in [5.74, 6) is 1.99. The molecule has 0 spiro atoms. The molecule has 0 unspecified atom stereocenters. The third-order valence-corrected chi connectivity index (χ3v) is 2.84. The van der Waals surface area contributed by atoms with E-state index in [2.05, 4.69) is 44.0 Å². The van der Waals surface area contributed by atoms with Crippen molar-refractivity contribution in [1.29, 1.82) is 0 Å². The van der Waals surface area contributed by atoms with Gasteiger partial charge in [-0.15, -0.1) is 0 Å². The van der Waals surface area contributed by atoms with E-state index in [1.807, 2.05) is 25.3 Å². The number of H-pyrrole nitrogens is 1. The Morgan fingerprint density at radius 1 is 1.16 bits per heavy atom. The van der Waals surface area contributed by atoms with Crippen molar-refractivity contribution in [2.24, 2.45) is 0 Å². The van der Waals surface area contributed by atoms with Crippen LogP contribution in [0.15, 0.2) is 18.3 Å². The van der Waals surface area contributed by atoms with Gasteiger partial charge in [0.15, 0.2) is 5.82 Å². The van der Waals surface area contributed by atoms with Crippen LogP contribution in [0.1, 0.15) is 20.8 Å². The van der Waals surface area contributed by atoms with Crippen LogP contribution >= 0.6 is 0 Å². The van der Waals surface area contributed by atoms with Gasteiger partial charge in [0.05, 0.1) is 5.69 Å². The summed E-state index contributed by atoms with van der Waals surface area (Å²) in [4.78, 5) is 18.6. The second-order valence-corrected chi connectivity index (χ2v) is 4.07. The first-order valence-electron chi connectivity index (χ1n) is 6.67. The lowest BCUT2D eigenvalue weighted by Gasteiger charge is -2.19.